The van der Waals surface area contributed by atoms with E-state index in [0.29, 0.717) is 52.5 Å². The number of carbonyl (C=O) groups excluding carboxylic acids is 3. The molecule has 2 saturated heterocycles. The number of fused-ring (bicyclic) bond motifs is 1. The first-order valence-corrected chi connectivity index (χ1v) is 11.2. The second-order valence-corrected chi connectivity index (χ2v) is 9.33. The predicted octanol–water partition coefficient (Wildman–Crippen LogP) is 1.83. The predicted molar refractivity (Wildman–Crippen MR) is 114 cm³/mol. The number of hydrogen-bond donors (Lipinski definition) is 0. The molecule has 2 aliphatic heterocycles. The number of ketones is 1. The van der Waals surface area contributed by atoms with E-state index in [1.165, 1.54) is 22.2 Å². The van der Waals surface area contributed by atoms with Crippen molar-refractivity contribution in [2.24, 2.45) is 5.92 Å². The van der Waals surface area contributed by atoms with Crippen molar-refractivity contribution in [2.75, 3.05) is 26.2 Å². The maximum Gasteiger partial charge on any atom is 0.264 e. The number of carbonyl (C=O) groups is 3. The summed E-state index contributed by atoms with van der Waals surface area (Å²) in [5.74, 6) is 0.404. The topological polar surface area (TPSA) is 92.6 Å². The molecule has 0 N–H and O–H groups in total. The summed E-state index contributed by atoms with van der Waals surface area (Å²) >= 11 is 1.20. The molecule has 0 aromatic carbocycles. The number of aromatic nitrogens is 2. The van der Waals surface area contributed by atoms with Gasteiger partial charge in [0.2, 0.25) is 5.91 Å². The quantitative estimate of drug-likeness (QED) is 0.741. The molecule has 2 aliphatic rings. The minimum absolute atomic E-state index is 0.0404. The standard InChI is InChI=1S/C21H26N4O4S/c1-13-4-3-7-24(10-13)16(27)11-25-12-22-19-17(20(25)28)14(2)18(30-19)21(29)23-8-5-15(26)6-9-23/h12-13H,3-11H2,1-2H3. The number of thiophene rings is 1. The fraction of sp³-hybridized carbons (Fsp3) is 0.571. The van der Waals surface area contributed by atoms with Gasteiger partial charge in [-0.3, -0.25) is 23.7 Å². The summed E-state index contributed by atoms with van der Waals surface area (Å²) < 4.78 is 1.34. The number of rotatable bonds is 3. The summed E-state index contributed by atoms with van der Waals surface area (Å²) in [4.78, 5) is 59.0. The molecule has 2 aromatic rings. The van der Waals surface area contributed by atoms with Gasteiger partial charge in [0.25, 0.3) is 11.5 Å². The van der Waals surface area contributed by atoms with Gasteiger partial charge in [-0.25, -0.2) is 4.98 Å². The molecule has 1 atom stereocenters. The number of nitrogens with zero attached hydrogens (tertiary/aromatic N) is 4. The van der Waals surface area contributed by atoms with E-state index in [1.54, 1.807) is 11.8 Å². The van der Waals surface area contributed by atoms with E-state index < -0.39 is 0 Å². The molecule has 4 heterocycles. The smallest absolute Gasteiger partial charge is 0.264 e. The van der Waals surface area contributed by atoms with Crippen molar-refractivity contribution in [2.45, 2.75) is 46.1 Å². The first-order valence-electron chi connectivity index (χ1n) is 10.4. The van der Waals surface area contributed by atoms with Crippen LogP contribution >= 0.6 is 11.3 Å². The Morgan fingerprint density at radius 2 is 1.90 bits per heavy atom. The van der Waals surface area contributed by atoms with Crippen LogP contribution in [0.2, 0.25) is 0 Å². The Kier molecular flexibility index (Phi) is 5.73. The number of piperidine rings is 2. The molecular formula is C21H26N4O4S. The van der Waals surface area contributed by atoms with Crippen LogP contribution in [0.4, 0.5) is 0 Å². The van der Waals surface area contributed by atoms with Gasteiger partial charge in [0.1, 0.15) is 17.2 Å². The fourth-order valence-corrected chi connectivity index (χ4v) is 5.35. The molecule has 2 fully saturated rings. The lowest BCUT2D eigenvalue weighted by Crippen LogP contribution is -2.42. The maximum absolute atomic E-state index is 13.1. The second-order valence-electron chi connectivity index (χ2n) is 8.33. The summed E-state index contributed by atoms with van der Waals surface area (Å²) in [6, 6.07) is 0. The van der Waals surface area contributed by atoms with E-state index in [2.05, 4.69) is 11.9 Å². The molecule has 9 heteroatoms. The van der Waals surface area contributed by atoms with Gasteiger partial charge in [0.15, 0.2) is 0 Å². The highest BCUT2D eigenvalue weighted by molar-refractivity contribution is 7.20. The average Bonchev–Trinajstić information content (AvgIpc) is 3.07. The summed E-state index contributed by atoms with van der Waals surface area (Å²) in [7, 11) is 0. The Hall–Kier alpha value is -2.55. The van der Waals surface area contributed by atoms with Gasteiger partial charge >= 0.3 is 0 Å². The van der Waals surface area contributed by atoms with E-state index in [0.717, 1.165) is 25.9 Å². The summed E-state index contributed by atoms with van der Waals surface area (Å²) in [5.41, 5.74) is 0.308. The number of hydrogen-bond acceptors (Lipinski definition) is 6. The van der Waals surface area contributed by atoms with Crippen LogP contribution in [0.15, 0.2) is 11.1 Å². The minimum atomic E-state index is -0.292. The Morgan fingerprint density at radius 3 is 2.60 bits per heavy atom. The van der Waals surface area contributed by atoms with Gasteiger partial charge in [-0.05, 0) is 31.2 Å². The number of aryl methyl sites for hydroxylation is 1. The minimum Gasteiger partial charge on any atom is -0.341 e. The van der Waals surface area contributed by atoms with Crippen LogP contribution in [0.25, 0.3) is 10.2 Å². The maximum atomic E-state index is 13.1. The molecule has 0 saturated carbocycles. The third-order valence-electron chi connectivity index (χ3n) is 6.04. The van der Waals surface area contributed by atoms with Crippen molar-refractivity contribution in [3.63, 3.8) is 0 Å². The van der Waals surface area contributed by atoms with Crippen molar-refractivity contribution < 1.29 is 14.4 Å². The van der Waals surface area contributed by atoms with Crippen LogP contribution in [-0.2, 0) is 16.1 Å². The zero-order chi connectivity index (χ0) is 21.4. The van der Waals surface area contributed by atoms with Crippen LogP contribution in [0.5, 0.6) is 0 Å². The van der Waals surface area contributed by atoms with Crippen LogP contribution in [0, 0.1) is 12.8 Å². The molecule has 4 rings (SSSR count). The molecule has 2 amide bonds. The zero-order valence-corrected chi connectivity index (χ0v) is 18.2. The highest BCUT2D eigenvalue weighted by Gasteiger charge is 2.27. The lowest BCUT2D eigenvalue weighted by atomic mass is 10.0. The van der Waals surface area contributed by atoms with Crippen LogP contribution in [-0.4, -0.2) is 63.1 Å². The van der Waals surface area contributed by atoms with Gasteiger partial charge < -0.3 is 9.80 Å². The highest BCUT2D eigenvalue weighted by atomic mass is 32.1. The lowest BCUT2D eigenvalue weighted by Gasteiger charge is -2.31. The fourth-order valence-electron chi connectivity index (χ4n) is 4.24. The van der Waals surface area contributed by atoms with Crippen molar-refractivity contribution in [3.05, 3.63) is 27.1 Å². The molecule has 0 aliphatic carbocycles. The molecule has 30 heavy (non-hydrogen) atoms. The van der Waals surface area contributed by atoms with Crippen LogP contribution in [0.1, 0.15) is 47.8 Å². The normalized spacial score (nSPS) is 20.1. The zero-order valence-electron chi connectivity index (χ0n) is 17.3. The third kappa shape index (κ3) is 3.90. The van der Waals surface area contributed by atoms with Crippen molar-refractivity contribution in [1.29, 1.82) is 0 Å². The highest BCUT2D eigenvalue weighted by Crippen LogP contribution is 2.28. The third-order valence-corrected chi connectivity index (χ3v) is 7.22. The molecule has 0 radical (unpaired) electrons. The summed E-state index contributed by atoms with van der Waals surface area (Å²) in [6.07, 6.45) is 4.25. The molecule has 0 spiro atoms. The first-order chi connectivity index (χ1) is 14.3. The van der Waals surface area contributed by atoms with E-state index >= 15 is 0 Å². The SMILES string of the molecule is Cc1c(C(=O)N2CCC(=O)CC2)sc2ncn(CC(=O)N3CCCC(C)C3)c(=O)c12. The lowest BCUT2D eigenvalue weighted by molar-refractivity contribution is -0.133. The van der Waals surface area contributed by atoms with E-state index in [1.807, 2.05) is 4.90 Å². The molecular weight excluding hydrogens is 404 g/mol. The summed E-state index contributed by atoms with van der Waals surface area (Å²) in [6.45, 7) is 6.10. The Bertz CT molecular complexity index is 1060. The van der Waals surface area contributed by atoms with Gasteiger partial charge in [-0.2, -0.15) is 0 Å². The van der Waals surface area contributed by atoms with Gasteiger partial charge in [0.05, 0.1) is 16.6 Å². The van der Waals surface area contributed by atoms with Crippen LogP contribution in [0.3, 0.4) is 0 Å². The van der Waals surface area contributed by atoms with Crippen molar-refractivity contribution in [3.8, 4) is 0 Å². The van der Waals surface area contributed by atoms with Crippen LogP contribution < -0.4 is 5.56 Å². The molecule has 2 aromatic heterocycles. The van der Waals surface area contributed by atoms with E-state index in [-0.39, 0.29) is 29.7 Å². The number of Topliss-reactive ketones (excluding diaryl/α,β-unsaturated/α-hetero) is 1. The molecule has 0 bridgehead atoms. The Balaban J connectivity index is 1.59. The first kappa shape index (κ1) is 20.7. The average molecular weight is 431 g/mol. The van der Waals surface area contributed by atoms with E-state index in [9.17, 15) is 19.2 Å². The molecule has 1 unspecified atom stereocenters. The number of amides is 2. The number of likely N-dealkylation sites (tertiary alicyclic amines) is 2. The Morgan fingerprint density at radius 1 is 1.17 bits per heavy atom. The summed E-state index contributed by atoms with van der Waals surface area (Å²) in [5, 5.41) is 0.402. The largest absolute Gasteiger partial charge is 0.341 e. The van der Waals surface area contributed by atoms with Gasteiger partial charge in [-0.1, -0.05) is 6.92 Å². The van der Waals surface area contributed by atoms with Crippen molar-refractivity contribution >= 4 is 39.2 Å². The van der Waals surface area contributed by atoms with Gasteiger partial charge in [-0.15, -0.1) is 11.3 Å². The molecule has 8 nitrogen and oxygen atoms in total. The molecule has 160 valence electrons. The Labute approximate surface area is 178 Å². The van der Waals surface area contributed by atoms with Gasteiger partial charge in [0, 0.05) is 39.0 Å². The van der Waals surface area contributed by atoms with E-state index in [4.69, 9.17) is 0 Å². The monoisotopic (exact) mass is 430 g/mol. The second kappa shape index (κ2) is 8.29. The van der Waals surface area contributed by atoms with Crippen molar-refractivity contribution in [1.82, 2.24) is 19.4 Å².